The number of carbonyl (C=O) groups is 1. The monoisotopic (exact) mass is 289 g/mol. The fourth-order valence-electron chi connectivity index (χ4n) is 1.68. The molecule has 8 heteroatoms. The van der Waals surface area contributed by atoms with Crippen LogP contribution in [0, 0.1) is 0 Å². The maximum Gasteiger partial charge on any atom is 0.253 e. The van der Waals surface area contributed by atoms with E-state index in [0.29, 0.717) is 19.6 Å². The minimum atomic E-state index is -3.56. The van der Waals surface area contributed by atoms with Crippen LogP contribution in [0.25, 0.3) is 0 Å². The molecule has 1 fully saturated rings. The Morgan fingerprint density at radius 1 is 1.39 bits per heavy atom. The Balaban J connectivity index is 2.23. The van der Waals surface area contributed by atoms with Crippen LogP contribution >= 0.6 is 11.3 Å². The van der Waals surface area contributed by atoms with Gasteiger partial charge in [0.15, 0.2) is 0 Å². The molecule has 0 spiro atoms. The average molecular weight is 289 g/mol. The number of piperazine rings is 1. The summed E-state index contributed by atoms with van der Waals surface area (Å²) in [5, 5.41) is 0. The molecule has 0 aromatic carbocycles. The number of rotatable bonds is 3. The first kappa shape index (κ1) is 13.5. The number of thiophene rings is 1. The molecule has 6 nitrogen and oxygen atoms in total. The van der Waals surface area contributed by atoms with Gasteiger partial charge in [0, 0.05) is 31.6 Å². The zero-order valence-electron chi connectivity index (χ0n) is 10.00. The summed E-state index contributed by atoms with van der Waals surface area (Å²) in [4.78, 5) is 13.9. The summed E-state index contributed by atoms with van der Waals surface area (Å²) in [7, 11) is -1.89. The van der Waals surface area contributed by atoms with Crippen LogP contribution in [0.1, 0.15) is 4.88 Å². The Morgan fingerprint density at radius 3 is 2.67 bits per heavy atom. The van der Waals surface area contributed by atoms with Gasteiger partial charge in [-0.2, -0.15) is 4.31 Å². The maximum absolute atomic E-state index is 12.3. The fourth-order valence-corrected chi connectivity index (χ4v) is 4.45. The van der Waals surface area contributed by atoms with E-state index in [1.807, 2.05) is 0 Å². The van der Waals surface area contributed by atoms with Gasteiger partial charge >= 0.3 is 0 Å². The minimum Gasteiger partial charge on any atom is -0.343 e. The van der Waals surface area contributed by atoms with Gasteiger partial charge in [0.05, 0.1) is 6.54 Å². The molecular formula is C10H15N3O3S2. The number of nitrogens with two attached hydrogens (primary N) is 1. The zero-order chi connectivity index (χ0) is 13.3. The summed E-state index contributed by atoms with van der Waals surface area (Å²) in [5.41, 5.74) is 5.47. The topological polar surface area (TPSA) is 83.7 Å². The van der Waals surface area contributed by atoms with Gasteiger partial charge in [-0.25, -0.2) is 8.42 Å². The number of hydrogen-bond acceptors (Lipinski definition) is 5. The van der Waals surface area contributed by atoms with Gasteiger partial charge in [0.2, 0.25) is 5.91 Å². The van der Waals surface area contributed by atoms with Gasteiger partial charge in [-0.05, 0) is 12.1 Å². The number of sulfonamides is 1. The van der Waals surface area contributed by atoms with E-state index in [0.717, 1.165) is 16.2 Å². The molecule has 0 unspecified atom stereocenters. The SMILES string of the molecule is CN1CCN(S(=O)(=O)c2ccc(CN)s2)CC1=O. The molecule has 0 bridgehead atoms. The number of likely N-dealkylation sites (N-methyl/N-ethyl adjacent to an activating group) is 1. The third-order valence-electron chi connectivity index (χ3n) is 2.85. The molecule has 0 radical (unpaired) electrons. The fraction of sp³-hybridized carbons (Fsp3) is 0.500. The first-order chi connectivity index (χ1) is 8.45. The molecule has 18 heavy (non-hydrogen) atoms. The largest absolute Gasteiger partial charge is 0.343 e. The van der Waals surface area contributed by atoms with E-state index in [1.165, 1.54) is 9.21 Å². The molecule has 2 N–H and O–H groups in total. The number of nitrogens with zero attached hydrogens (tertiary/aromatic N) is 2. The van der Waals surface area contributed by atoms with Crippen molar-refractivity contribution in [2.45, 2.75) is 10.8 Å². The first-order valence-corrected chi connectivity index (χ1v) is 7.73. The van der Waals surface area contributed by atoms with Crippen molar-refractivity contribution in [1.82, 2.24) is 9.21 Å². The van der Waals surface area contributed by atoms with Crippen LogP contribution < -0.4 is 5.73 Å². The smallest absolute Gasteiger partial charge is 0.253 e. The Morgan fingerprint density at radius 2 is 2.11 bits per heavy atom. The molecule has 1 amide bonds. The molecular weight excluding hydrogens is 274 g/mol. The van der Waals surface area contributed by atoms with E-state index in [-0.39, 0.29) is 16.7 Å². The quantitative estimate of drug-likeness (QED) is 0.826. The number of carbonyl (C=O) groups excluding carboxylic acids is 1. The lowest BCUT2D eigenvalue weighted by Gasteiger charge is -2.30. The number of hydrogen-bond donors (Lipinski definition) is 1. The molecule has 1 saturated heterocycles. The van der Waals surface area contributed by atoms with Crippen molar-refractivity contribution in [3.63, 3.8) is 0 Å². The molecule has 1 aromatic rings. The van der Waals surface area contributed by atoms with E-state index in [1.54, 1.807) is 19.2 Å². The van der Waals surface area contributed by atoms with Gasteiger partial charge in [0.25, 0.3) is 10.0 Å². The molecule has 0 aliphatic carbocycles. The van der Waals surface area contributed by atoms with Crippen LogP contribution in [0.3, 0.4) is 0 Å². The third-order valence-corrected chi connectivity index (χ3v) is 6.27. The van der Waals surface area contributed by atoms with Crippen LogP contribution in [0.15, 0.2) is 16.3 Å². The molecule has 2 rings (SSSR count). The predicted octanol–water partition coefficient (Wildman–Crippen LogP) is -0.331. The van der Waals surface area contributed by atoms with Crippen LogP contribution in [-0.2, 0) is 21.4 Å². The Bertz CT molecular complexity index is 552. The van der Waals surface area contributed by atoms with E-state index in [2.05, 4.69) is 0 Å². The predicted molar refractivity (Wildman–Crippen MR) is 68.6 cm³/mol. The first-order valence-electron chi connectivity index (χ1n) is 5.48. The van der Waals surface area contributed by atoms with Crippen LogP contribution in [0.5, 0.6) is 0 Å². The van der Waals surface area contributed by atoms with Gasteiger partial charge in [-0.3, -0.25) is 4.79 Å². The molecule has 1 aliphatic heterocycles. The lowest BCUT2D eigenvalue weighted by atomic mass is 10.4. The van der Waals surface area contributed by atoms with Crippen molar-refractivity contribution in [3.8, 4) is 0 Å². The highest BCUT2D eigenvalue weighted by Gasteiger charge is 2.32. The molecule has 0 saturated carbocycles. The second-order valence-electron chi connectivity index (χ2n) is 4.08. The highest BCUT2D eigenvalue weighted by Crippen LogP contribution is 2.25. The Kier molecular flexibility index (Phi) is 3.71. The minimum absolute atomic E-state index is 0.0886. The summed E-state index contributed by atoms with van der Waals surface area (Å²) in [6, 6.07) is 3.25. The second-order valence-corrected chi connectivity index (χ2v) is 7.41. The van der Waals surface area contributed by atoms with E-state index >= 15 is 0 Å². The van der Waals surface area contributed by atoms with Crippen LogP contribution in [0.2, 0.25) is 0 Å². The summed E-state index contributed by atoms with van der Waals surface area (Å²) < 4.78 is 26.1. The highest BCUT2D eigenvalue weighted by molar-refractivity contribution is 7.91. The average Bonchev–Trinajstić information content (AvgIpc) is 2.81. The summed E-state index contributed by atoms with van der Waals surface area (Å²) in [5.74, 6) is -0.180. The van der Waals surface area contributed by atoms with E-state index in [9.17, 15) is 13.2 Å². The van der Waals surface area contributed by atoms with Crippen molar-refractivity contribution < 1.29 is 13.2 Å². The summed E-state index contributed by atoms with van der Waals surface area (Å²) in [6.45, 7) is 0.990. The second kappa shape index (κ2) is 4.96. The van der Waals surface area contributed by atoms with E-state index in [4.69, 9.17) is 5.73 Å². The molecule has 100 valence electrons. The third kappa shape index (κ3) is 2.41. The van der Waals surface area contributed by atoms with Gasteiger partial charge in [-0.1, -0.05) is 0 Å². The normalized spacial score (nSPS) is 18.3. The van der Waals surface area contributed by atoms with Crippen molar-refractivity contribution in [1.29, 1.82) is 0 Å². The Hall–Kier alpha value is -0.960. The van der Waals surface area contributed by atoms with Crippen molar-refractivity contribution in [2.75, 3.05) is 26.7 Å². The van der Waals surface area contributed by atoms with Gasteiger partial charge < -0.3 is 10.6 Å². The molecule has 2 heterocycles. The van der Waals surface area contributed by atoms with Crippen LogP contribution in [0.4, 0.5) is 0 Å². The molecule has 1 aromatic heterocycles. The lowest BCUT2D eigenvalue weighted by Crippen LogP contribution is -2.50. The van der Waals surface area contributed by atoms with Crippen LogP contribution in [-0.4, -0.2) is 50.2 Å². The Labute approximate surface area is 110 Å². The van der Waals surface area contributed by atoms with Crippen molar-refractivity contribution in [3.05, 3.63) is 17.0 Å². The maximum atomic E-state index is 12.3. The zero-order valence-corrected chi connectivity index (χ0v) is 11.6. The molecule has 1 aliphatic rings. The van der Waals surface area contributed by atoms with E-state index < -0.39 is 10.0 Å². The van der Waals surface area contributed by atoms with Gasteiger partial charge in [0.1, 0.15) is 4.21 Å². The molecule has 0 atom stereocenters. The number of amides is 1. The van der Waals surface area contributed by atoms with Gasteiger partial charge in [-0.15, -0.1) is 11.3 Å². The summed E-state index contributed by atoms with van der Waals surface area (Å²) >= 11 is 1.16. The van der Waals surface area contributed by atoms with Crippen molar-refractivity contribution >= 4 is 27.3 Å². The standard InChI is InChI=1S/C10H15N3O3S2/c1-12-4-5-13(7-9(12)14)18(15,16)10-3-2-8(6-11)17-10/h2-3H,4-7,11H2,1H3. The summed E-state index contributed by atoms with van der Waals surface area (Å²) in [6.07, 6.45) is 0. The highest BCUT2D eigenvalue weighted by atomic mass is 32.2. The lowest BCUT2D eigenvalue weighted by molar-refractivity contribution is -0.132. The van der Waals surface area contributed by atoms with Crippen molar-refractivity contribution in [2.24, 2.45) is 5.73 Å².